The van der Waals surface area contributed by atoms with Crippen LogP contribution in [0, 0.1) is 0 Å². The van der Waals surface area contributed by atoms with Crippen molar-refractivity contribution < 1.29 is 0 Å². The lowest BCUT2D eigenvalue weighted by molar-refractivity contribution is 0.237. The van der Waals surface area contributed by atoms with Crippen LogP contribution >= 0.6 is 0 Å². The summed E-state index contributed by atoms with van der Waals surface area (Å²) in [6.07, 6.45) is 0. The summed E-state index contributed by atoms with van der Waals surface area (Å²) >= 11 is 0. The molecule has 0 atom stereocenters. The van der Waals surface area contributed by atoms with Gasteiger partial charge in [-0.05, 0) is 25.5 Å². The van der Waals surface area contributed by atoms with Crippen molar-refractivity contribution in [2.45, 2.75) is 26.4 Å². The molecule has 4 nitrogen and oxygen atoms in total. The lowest BCUT2D eigenvalue weighted by Gasteiger charge is -2.27. The van der Waals surface area contributed by atoms with Crippen LogP contribution in [-0.2, 0) is 6.54 Å². The van der Waals surface area contributed by atoms with Gasteiger partial charge in [-0.25, -0.2) is 0 Å². The Morgan fingerprint density at radius 1 is 0.955 bits per heavy atom. The fourth-order valence-corrected chi connectivity index (χ4v) is 3.15. The van der Waals surface area contributed by atoms with Gasteiger partial charge in [0.1, 0.15) is 0 Å². The summed E-state index contributed by atoms with van der Waals surface area (Å²) in [5.41, 5.74) is 14.0. The highest BCUT2D eigenvalue weighted by Gasteiger charge is 2.30. The smallest absolute Gasteiger partial charge is 0.0868 e. The van der Waals surface area contributed by atoms with E-state index in [0.717, 1.165) is 17.9 Å². The number of nitrogens with zero attached hydrogens (tertiary/aromatic N) is 1. The van der Waals surface area contributed by atoms with Gasteiger partial charge >= 0.3 is 0 Å². The van der Waals surface area contributed by atoms with E-state index in [2.05, 4.69) is 83.7 Å². The van der Waals surface area contributed by atoms with E-state index < -0.39 is 0 Å². The molecule has 0 aromatic heterocycles. The number of fused-ring (bicyclic) bond motifs is 4. The molecule has 22 heavy (non-hydrogen) atoms. The highest BCUT2D eigenvalue weighted by atomic mass is 15.7. The molecule has 4 rings (SSSR count). The number of hydrogen-bond acceptors (Lipinski definition) is 4. The topological polar surface area (TPSA) is 39.3 Å². The van der Waals surface area contributed by atoms with Gasteiger partial charge in [0.25, 0.3) is 0 Å². The van der Waals surface area contributed by atoms with Crippen molar-refractivity contribution in [2.24, 2.45) is 0 Å². The molecule has 2 heterocycles. The van der Waals surface area contributed by atoms with Crippen LogP contribution in [0.3, 0.4) is 0 Å². The van der Waals surface area contributed by atoms with Crippen molar-refractivity contribution in [3.8, 4) is 0 Å². The molecular formula is C18H20N4. The first-order chi connectivity index (χ1) is 10.8. The Morgan fingerprint density at radius 2 is 1.68 bits per heavy atom. The molecule has 0 saturated heterocycles. The molecule has 0 fully saturated rings. The Morgan fingerprint density at radius 3 is 2.50 bits per heavy atom. The van der Waals surface area contributed by atoms with Crippen molar-refractivity contribution in [3.63, 3.8) is 0 Å². The Balaban J connectivity index is 2.00. The van der Waals surface area contributed by atoms with E-state index >= 15 is 0 Å². The summed E-state index contributed by atoms with van der Waals surface area (Å²) in [6, 6.07) is 17.4. The Labute approximate surface area is 130 Å². The van der Waals surface area contributed by atoms with Gasteiger partial charge in [0.2, 0.25) is 0 Å². The molecule has 2 aliphatic rings. The van der Waals surface area contributed by atoms with Crippen LogP contribution in [-0.4, -0.2) is 11.1 Å². The molecule has 2 aromatic carbocycles. The molecule has 0 saturated carbocycles. The zero-order chi connectivity index (χ0) is 15.1. The van der Waals surface area contributed by atoms with Crippen molar-refractivity contribution in [1.29, 1.82) is 0 Å². The first kappa shape index (κ1) is 13.2. The van der Waals surface area contributed by atoms with Crippen LogP contribution in [0.4, 0.5) is 5.69 Å². The van der Waals surface area contributed by atoms with E-state index in [4.69, 9.17) is 0 Å². The standard InChI is InChI=1S/C18H20N4/c1-12(2)22-18-14-8-4-3-7-13(14)11-19-16-10-6-5-9-15(16)17(18)20-21-22/h3-10,12,19-21H,11H2,1-2H3. The van der Waals surface area contributed by atoms with Crippen LogP contribution in [0.2, 0.25) is 0 Å². The number of hydrogen-bond donors (Lipinski definition) is 3. The van der Waals surface area contributed by atoms with E-state index in [1.807, 2.05) is 0 Å². The lowest BCUT2D eigenvalue weighted by Crippen LogP contribution is -2.41. The number of para-hydroxylation sites is 1. The molecule has 4 heteroatoms. The number of nitrogens with one attached hydrogen (secondary N) is 3. The van der Waals surface area contributed by atoms with Crippen LogP contribution in [0.5, 0.6) is 0 Å². The van der Waals surface area contributed by atoms with Gasteiger partial charge in [-0.15, -0.1) is 5.53 Å². The third-order valence-electron chi connectivity index (χ3n) is 4.23. The number of benzene rings is 2. The van der Waals surface area contributed by atoms with E-state index in [9.17, 15) is 0 Å². The molecule has 2 aliphatic heterocycles. The Kier molecular flexibility index (Phi) is 3.05. The average Bonchev–Trinajstić information content (AvgIpc) is 2.96. The minimum absolute atomic E-state index is 0.354. The van der Waals surface area contributed by atoms with E-state index in [1.54, 1.807) is 0 Å². The minimum Gasteiger partial charge on any atom is -0.380 e. The predicted octanol–water partition coefficient (Wildman–Crippen LogP) is 3.17. The summed E-state index contributed by atoms with van der Waals surface area (Å²) in [7, 11) is 0. The first-order valence-electron chi connectivity index (χ1n) is 7.72. The van der Waals surface area contributed by atoms with Gasteiger partial charge in [-0.1, -0.05) is 42.5 Å². The predicted molar refractivity (Wildman–Crippen MR) is 90.3 cm³/mol. The number of rotatable bonds is 1. The minimum atomic E-state index is 0.354. The second-order valence-corrected chi connectivity index (χ2v) is 5.98. The van der Waals surface area contributed by atoms with Gasteiger partial charge in [-0.3, -0.25) is 5.01 Å². The highest BCUT2D eigenvalue weighted by Crippen LogP contribution is 2.37. The average molecular weight is 292 g/mol. The summed E-state index contributed by atoms with van der Waals surface area (Å²) in [5, 5.41) is 5.76. The first-order valence-corrected chi connectivity index (χ1v) is 7.72. The fraction of sp³-hybridized carbons (Fsp3) is 0.222. The second-order valence-electron chi connectivity index (χ2n) is 5.98. The Hall–Kier alpha value is -2.46. The zero-order valence-electron chi connectivity index (χ0n) is 12.9. The van der Waals surface area contributed by atoms with Crippen molar-refractivity contribution in [3.05, 3.63) is 65.2 Å². The largest absolute Gasteiger partial charge is 0.380 e. The molecule has 112 valence electrons. The van der Waals surface area contributed by atoms with Gasteiger partial charge in [0.05, 0.1) is 11.4 Å². The van der Waals surface area contributed by atoms with E-state index in [-0.39, 0.29) is 0 Å². The molecule has 3 N–H and O–H groups in total. The van der Waals surface area contributed by atoms with Gasteiger partial charge < -0.3 is 10.7 Å². The highest BCUT2D eigenvalue weighted by molar-refractivity contribution is 5.95. The summed E-state index contributed by atoms with van der Waals surface area (Å²) in [4.78, 5) is 0. The van der Waals surface area contributed by atoms with Gasteiger partial charge in [0, 0.05) is 29.4 Å². The fourth-order valence-electron chi connectivity index (χ4n) is 3.15. The quantitative estimate of drug-likeness (QED) is 0.755. The van der Waals surface area contributed by atoms with Crippen molar-refractivity contribution >= 4 is 17.1 Å². The Bertz CT molecular complexity index is 748. The van der Waals surface area contributed by atoms with E-state index in [1.165, 1.54) is 22.4 Å². The monoisotopic (exact) mass is 292 g/mol. The SMILES string of the molecule is CC(C)N1NNC2=C1c1ccccc1CNc1ccccc12. The van der Waals surface area contributed by atoms with Gasteiger partial charge in [0.15, 0.2) is 0 Å². The maximum absolute atomic E-state index is 3.56. The third-order valence-corrected chi connectivity index (χ3v) is 4.23. The molecular weight excluding hydrogens is 272 g/mol. The van der Waals surface area contributed by atoms with E-state index in [0.29, 0.717) is 6.04 Å². The third kappa shape index (κ3) is 1.96. The maximum Gasteiger partial charge on any atom is 0.0868 e. The number of hydrazine groups is 2. The van der Waals surface area contributed by atoms with Gasteiger partial charge in [-0.2, -0.15) is 0 Å². The van der Waals surface area contributed by atoms with Crippen molar-refractivity contribution in [2.75, 3.05) is 5.32 Å². The summed E-state index contributed by atoms with van der Waals surface area (Å²) in [6.45, 7) is 5.21. The van der Waals surface area contributed by atoms with Crippen LogP contribution in [0.15, 0.2) is 48.5 Å². The lowest BCUT2D eigenvalue weighted by atomic mass is 9.97. The van der Waals surface area contributed by atoms with Crippen LogP contribution < -0.4 is 16.3 Å². The molecule has 0 unspecified atom stereocenters. The molecule has 0 amide bonds. The van der Waals surface area contributed by atoms with Crippen molar-refractivity contribution in [1.82, 2.24) is 16.0 Å². The molecule has 0 radical (unpaired) electrons. The van der Waals surface area contributed by atoms with Crippen LogP contribution in [0.25, 0.3) is 11.4 Å². The second kappa shape index (κ2) is 5.07. The normalized spacial score (nSPS) is 16.2. The molecule has 0 bridgehead atoms. The van der Waals surface area contributed by atoms with Crippen LogP contribution in [0.1, 0.15) is 30.5 Å². The summed E-state index contributed by atoms with van der Waals surface area (Å²) < 4.78 is 0. The molecule has 0 aliphatic carbocycles. The molecule has 2 aromatic rings. The molecule has 0 spiro atoms. The maximum atomic E-state index is 3.56. The summed E-state index contributed by atoms with van der Waals surface area (Å²) in [5.74, 6) is 0. The number of anilines is 1. The zero-order valence-corrected chi connectivity index (χ0v) is 12.9.